The van der Waals surface area contributed by atoms with E-state index >= 15 is 0 Å². The van der Waals surface area contributed by atoms with E-state index in [4.69, 9.17) is 0 Å². The second-order valence-electron chi connectivity index (χ2n) is 4.26. The smallest absolute Gasteiger partial charge is 0.251 e. The molecule has 5 nitrogen and oxygen atoms in total. The number of amides is 1. The molecule has 6 heteroatoms. The Balaban J connectivity index is 1.72. The molecule has 0 bridgehead atoms. The van der Waals surface area contributed by atoms with Gasteiger partial charge in [0.25, 0.3) is 5.91 Å². The molecule has 1 N–H and O–H groups in total. The predicted molar refractivity (Wildman–Crippen MR) is 78.3 cm³/mol. The van der Waals surface area contributed by atoms with Crippen molar-refractivity contribution in [2.45, 2.75) is 6.54 Å². The molecule has 0 unspecified atom stereocenters. The summed E-state index contributed by atoms with van der Waals surface area (Å²) in [6.07, 6.45) is 7.01. The molecule has 0 saturated carbocycles. The summed E-state index contributed by atoms with van der Waals surface area (Å²) >= 11 is 3.41. The van der Waals surface area contributed by atoms with E-state index in [1.54, 1.807) is 24.5 Å². The van der Waals surface area contributed by atoms with Crippen LogP contribution in [0.5, 0.6) is 0 Å². The van der Waals surface area contributed by atoms with Gasteiger partial charge in [0.15, 0.2) is 0 Å². The largest absolute Gasteiger partial charge is 0.346 e. The Bertz CT molecular complexity index is 754. The zero-order chi connectivity index (χ0) is 13.9. The summed E-state index contributed by atoms with van der Waals surface area (Å²) in [5.41, 5.74) is 2.25. The third-order valence-electron chi connectivity index (χ3n) is 2.84. The van der Waals surface area contributed by atoms with E-state index in [1.807, 2.05) is 28.9 Å². The quantitative estimate of drug-likeness (QED) is 0.802. The Kier molecular flexibility index (Phi) is 3.47. The first-order chi connectivity index (χ1) is 9.72. The summed E-state index contributed by atoms with van der Waals surface area (Å²) in [5, 5.41) is 2.84. The molecule has 0 aliphatic heterocycles. The third kappa shape index (κ3) is 2.70. The maximum Gasteiger partial charge on any atom is 0.251 e. The number of carbonyl (C=O) groups excluding carboxylic acids is 1. The summed E-state index contributed by atoms with van der Waals surface area (Å²) in [4.78, 5) is 20.2. The molecule has 0 saturated heterocycles. The molecule has 0 aliphatic rings. The van der Waals surface area contributed by atoms with E-state index in [0.29, 0.717) is 12.1 Å². The summed E-state index contributed by atoms with van der Waals surface area (Å²) in [7, 11) is 0. The number of halogens is 1. The van der Waals surface area contributed by atoms with Crippen LogP contribution < -0.4 is 5.32 Å². The Labute approximate surface area is 123 Å². The first kappa shape index (κ1) is 12.8. The van der Waals surface area contributed by atoms with Crippen LogP contribution in [-0.4, -0.2) is 20.3 Å². The van der Waals surface area contributed by atoms with Crippen molar-refractivity contribution in [2.24, 2.45) is 0 Å². The van der Waals surface area contributed by atoms with Gasteiger partial charge in [-0.25, -0.2) is 4.98 Å². The predicted octanol–water partition coefficient (Wildman–Crippen LogP) is 2.42. The first-order valence-corrected chi connectivity index (χ1v) is 6.83. The lowest BCUT2D eigenvalue weighted by Crippen LogP contribution is -2.22. The molecule has 1 amide bonds. The van der Waals surface area contributed by atoms with Crippen LogP contribution >= 0.6 is 15.9 Å². The Morgan fingerprint density at radius 1 is 1.20 bits per heavy atom. The number of hydrogen-bond donors (Lipinski definition) is 1. The lowest BCUT2D eigenvalue weighted by molar-refractivity contribution is 0.0950. The van der Waals surface area contributed by atoms with Crippen molar-refractivity contribution in [3.05, 3.63) is 64.8 Å². The van der Waals surface area contributed by atoms with Crippen LogP contribution in [-0.2, 0) is 6.54 Å². The number of nitrogens with zero attached hydrogens (tertiary/aromatic N) is 3. The maximum absolute atomic E-state index is 11.9. The van der Waals surface area contributed by atoms with Gasteiger partial charge in [-0.2, -0.15) is 0 Å². The van der Waals surface area contributed by atoms with E-state index in [2.05, 4.69) is 31.2 Å². The van der Waals surface area contributed by atoms with Crippen molar-refractivity contribution in [2.75, 3.05) is 0 Å². The average Bonchev–Trinajstić information content (AvgIpc) is 2.87. The third-order valence-corrected chi connectivity index (χ3v) is 3.31. The number of imidazole rings is 1. The van der Waals surface area contributed by atoms with Gasteiger partial charge in [0.2, 0.25) is 0 Å². The highest BCUT2D eigenvalue weighted by molar-refractivity contribution is 9.10. The van der Waals surface area contributed by atoms with Crippen molar-refractivity contribution in [3.63, 3.8) is 0 Å². The van der Waals surface area contributed by atoms with Crippen LogP contribution in [0.3, 0.4) is 0 Å². The second-order valence-corrected chi connectivity index (χ2v) is 5.18. The zero-order valence-corrected chi connectivity index (χ0v) is 12.0. The van der Waals surface area contributed by atoms with Crippen LogP contribution in [0.15, 0.2) is 53.5 Å². The van der Waals surface area contributed by atoms with Crippen LogP contribution in [0.2, 0.25) is 0 Å². The number of carbonyl (C=O) groups is 1. The van der Waals surface area contributed by atoms with E-state index in [1.165, 1.54) is 0 Å². The number of aromatic nitrogens is 3. The van der Waals surface area contributed by atoms with Gasteiger partial charge in [0.05, 0.1) is 12.2 Å². The van der Waals surface area contributed by atoms with Gasteiger partial charge in [-0.05, 0) is 40.2 Å². The summed E-state index contributed by atoms with van der Waals surface area (Å²) in [5.74, 6) is -0.134. The fourth-order valence-electron chi connectivity index (χ4n) is 1.88. The standard InChI is InChI=1S/C14H11BrN4O/c15-11-1-2-13-18-12(9-19(13)8-11)7-17-14(20)10-3-5-16-6-4-10/h1-6,8-9H,7H2,(H,17,20). The fourth-order valence-corrected chi connectivity index (χ4v) is 2.23. The molecule has 0 aromatic carbocycles. The minimum absolute atomic E-state index is 0.134. The van der Waals surface area contributed by atoms with Crippen molar-refractivity contribution in [1.82, 2.24) is 19.7 Å². The monoisotopic (exact) mass is 330 g/mol. The lowest BCUT2D eigenvalue weighted by atomic mass is 10.2. The molecule has 0 aliphatic carbocycles. The first-order valence-electron chi connectivity index (χ1n) is 6.04. The number of rotatable bonds is 3. The van der Waals surface area contributed by atoms with Crippen LogP contribution in [0.25, 0.3) is 5.65 Å². The number of hydrogen-bond acceptors (Lipinski definition) is 3. The molecule has 0 radical (unpaired) electrons. The second kappa shape index (κ2) is 5.42. The van der Waals surface area contributed by atoms with E-state index in [0.717, 1.165) is 15.8 Å². The van der Waals surface area contributed by atoms with Crippen molar-refractivity contribution in [3.8, 4) is 0 Å². The Morgan fingerprint density at radius 2 is 2.00 bits per heavy atom. The van der Waals surface area contributed by atoms with Crippen LogP contribution in [0.1, 0.15) is 16.1 Å². The molecule has 20 heavy (non-hydrogen) atoms. The summed E-state index contributed by atoms with van der Waals surface area (Å²) in [6.45, 7) is 0.389. The fraction of sp³-hybridized carbons (Fsp3) is 0.0714. The number of nitrogens with one attached hydrogen (secondary N) is 1. The zero-order valence-electron chi connectivity index (χ0n) is 10.5. The Hall–Kier alpha value is -2.21. The maximum atomic E-state index is 11.9. The van der Waals surface area contributed by atoms with Crippen molar-refractivity contribution in [1.29, 1.82) is 0 Å². The molecule has 3 aromatic rings. The van der Waals surface area contributed by atoms with Gasteiger partial charge >= 0.3 is 0 Å². The molecule has 100 valence electrons. The molecule has 0 spiro atoms. The highest BCUT2D eigenvalue weighted by atomic mass is 79.9. The SMILES string of the molecule is O=C(NCc1cn2cc(Br)ccc2n1)c1ccncc1. The van der Waals surface area contributed by atoms with Gasteiger partial charge in [0.1, 0.15) is 5.65 Å². The number of pyridine rings is 2. The minimum Gasteiger partial charge on any atom is -0.346 e. The molecule has 0 fully saturated rings. The molecule has 3 heterocycles. The van der Waals surface area contributed by atoms with Crippen molar-refractivity contribution >= 4 is 27.5 Å². The van der Waals surface area contributed by atoms with Gasteiger partial charge in [0, 0.05) is 34.8 Å². The normalized spacial score (nSPS) is 10.7. The summed E-state index contributed by atoms with van der Waals surface area (Å²) in [6, 6.07) is 7.20. The molecule has 3 rings (SSSR count). The van der Waals surface area contributed by atoms with Gasteiger partial charge in [-0.15, -0.1) is 0 Å². The molecule has 0 atom stereocenters. The number of fused-ring (bicyclic) bond motifs is 1. The lowest BCUT2D eigenvalue weighted by Gasteiger charge is -2.02. The van der Waals surface area contributed by atoms with Crippen LogP contribution in [0.4, 0.5) is 0 Å². The molecular formula is C14H11BrN4O. The van der Waals surface area contributed by atoms with Crippen LogP contribution in [0, 0.1) is 0 Å². The van der Waals surface area contributed by atoms with Crippen molar-refractivity contribution < 1.29 is 4.79 Å². The topological polar surface area (TPSA) is 59.3 Å². The van der Waals surface area contributed by atoms with Gasteiger partial charge < -0.3 is 9.72 Å². The Morgan fingerprint density at radius 3 is 2.80 bits per heavy atom. The van der Waals surface area contributed by atoms with Gasteiger partial charge in [-0.1, -0.05) is 0 Å². The minimum atomic E-state index is -0.134. The highest BCUT2D eigenvalue weighted by Crippen LogP contribution is 2.12. The highest BCUT2D eigenvalue weighted by Gasteiger charge is 2.06. The van der Waals surface area contributed by atoms with Gasteiger partial charge in [-0.3, -0.25) is 9.78 Å². The van der Waals surface area contributed by atoms with E-state index < -0.39 is 0 Å². The van der Waals surface area contributed by atoms with E-state index in [9.17, 15) is 4.79 Å². The molecular weight excluding hydrogens is 320 g/mol. The van der Waals surface area contributed by atoms with E-state index in [-0.39, 0.29) is 5.91 Å². The average molecular weight is 331 g/mol. The summed E-state index contributed by atoms with van der Waals surface area (Å²) < 4.78 is 2.90. The molecule has 3 aromatic heterocycles.